The Kier molecular flexibility index (Phi) is 5.03. The number of Topliss-reactive ketones (excluding diaryl/α,β-unsaturated/α-hetero) is 1. The third-order valence-electron chi connectivity index (χ3n) is 11.6. The summed E-state index contributed by atoms with van der Waals surface area (Å²) in [6.45, 7) is 16.2. The highest BCUT2D eigenvalue weighted by Crippen LogP contribution is 2.73. The van der Waals surface area contributed by atoms with Gasteiger partial charge in [-0.25, -0.2) is 4.79 Å². The van der Waals surface area contributed by atoms with Gasteiger partial charge in [-0.15, -0.1) is 0 Å². The molecule has 3 nitrogen and oxygen atoms in total. The summed E-state index contributed by atoms with van der Waals surface area (Å²) < 4.78 is 5.48. The lowest BCUT2D eigenvalue weighted by Crippen LogP contribution is -2.57. The highest BCUT2D eigenvalue weighted by molar-refractivity contribution is 5.92. The summed E-state index contributed by atoms with van der Waals surface area (Å²) in [7, 11) is 0. The van der Waals surface area contributed by atoms with Crippen LogP contribution in [0.15, 0.2) is 35.1 Å². The lowest BCUT2D eigenvalue weighted by atomic mass is 9.41. The fourth-order valence-electron chi connectivity index (χ4n) is 9.34. The van der Waals surface area contributed by atoms with Crippen molar-refractivity contribution in [2.24, 2.45) is 45.3 Å². The van der Waals surface area contributed by atoms with Gasteiger partial charge in [0.2, 0.25) is 0 Å². The van der Waals surface area contributed by atoms with Crippen LogP contribution >= 0.6 is 0 Å². The molecule has 0 N–H and O–H groups in total. The maximum atomic E-state index is 12.8. The number of esters is 1. The van der Waals surface area contributed by atoms with Crippen molar-refractivity contribution in [2.45, 2.75) is 93.4 Å². The fourth-order valence-corrected chi connectivity index (χ4v) is 9.34. The predicted octanol–water partition coefficient (Wildman–Crippen LogP) is 7.18. The average Bonchev–Trinajstić information content (AvgIpc) is 3.20. The maximum absolute atomic E-state index is 12.8. The zero-order valence-electron chi connectivity index (χ0n) is 21.7. The van der Waals surface area contributed by atoms with Gasteiger partial charge in [0.25, 0.3) is 0 Å². The molecule has 7 unspecified atom stereocenters. The first kappa shape index (κ1) is 23.1. The van der Waals surface area contributed by atoms with Crippen LogP contribution in [0.1, 0.15) is 93.4 Å². The van der Waals surface area contributed by atoms with Crippen LogP contribution in [0.2, 0.25) is 0 Å². The van der Waals surface area contributed by atoms with E-state index in [4.69, 9.17) is 4.74 Å². The Morgan fingerprint density at radius 2 is 1.79 bits per heavy atom. The molecule has 0 amide bonds. The number of rotatable bonds is 2. The molecular weight excluding hydrogens is 408 g/mol. The SMILES string of the molecule is CC1=CC(=CC(C)C2CCC3(C)C4=CCC5C(C)(C)C(=O)CCC5(C)C4CCC23C)OC1=O. The third-order valence-corrected chi connectivity index (χ3v) is 11.6. The van der Waals surface area contributed by atoms with Gasteiger partial charge in [-0.05, 0) is 97.5 Å². The van der Waals surface area contributed by atoms with Gasteiger partial charge in [0, 0.05) is 17.4 Å². The number of hydrogen-bond acceptors (Lipinski definition) is 3. The monoisotopic (exact) mass is 450 g/mol. The smallest absolute Gasteiger partial charge is 0.339 e. The Labute approximate surface area is 200 Å². The summed E-state index contributed by atoms with van der Waals surface area (Å²) in [4.78, 5) is 24.6. The normalized spacial score (nSPS) is 46.2. The third kappa shape index (κ3) is 2.99. The number of carbonyl (C=O) groups is 2. The Morgan fingerprint density at radius 3 is 2.45 bits per heavy atom. The van der Waals surface area contributed by atoms with Crippen LogP contribution in [0.5, 0.6) is 0 Å². The number of hydrogen-bond donors (Lipinski definition) is 0. The molecule has 0 aromatic carbocycles. The van der Waals surface area contributed by atoms with Crippen LogP contribution in [0.25, 0.3) is 0 Å². The van der Waals surface area contributed by atoms with E-state index in [1.807, 2.05) is 13.0 Å². The van der Waals surface area contributed by atoms with Crippen molar-refractivity contribution < 1.29 is 14.3 Å². The van der Waals surface area contributed by atoms with E-state index >= 15 is 0 Å². The molecule has 0 aromatic heterocycles. The van der Waals surface area contributed by atoms with E-state index in [0.717, 1.165) is 25.0 Å². The van der Waals surface area contributed by atoms with E-state index in [0.29, 0.717) is 35.0 Å². The van der Waals surface area contributed by atoms with Crippen LogP contribution in [0, 0.1) is 45.3 Å². The molecule has 7 atom stereocenters. The topological polar surface area (TPSA) is 43.4 Å². The summed E-state index contributed by atoms with van der Waals surface area (Å²) in [6.07, 6.45) is 14.5. The molecule has 0 radical (unpaired) electrons. The van der Waals surface area contributed by atoms with Crippen molar-refractivity contribution in [3.63, 3.8) is 0 Å². The molecule has 33 heavy (non-hydrogen) atoms. The van der Waals surface area contributed by atoms with E-state index in [9.17, 15) is 9.59 Å². The van der Waals surface area contributed by atoms with Gasteiger partial charge in [-0.2, -0.15) is 0 Å². The van der Waals surface area contributed by atoms with E-state index in [-0.39, 0.29) is 27.6 Å². The number of ketones is 1. The molecule has 1 aliphatic heterocycles. The Hall–Kier alpha value is -1.64. The molecule has 5 rings (SSSR count). The Morgan fingerprint density at radius 1 is 1.06 bits per heavy atom. The van der Waals surface area contributed by atoms with Gasteiger partial charge in [0.1, 0.15) is 11.5 Å². The van der Waals surface area contributed by atoms with E-state index < -0.39 is 0 Å². The summed E-state index contributed by atoms with van der Waals surface area (Å²) in [5.41, 5.74) is 2.89. The van der Waals surface area contributed by atoms with Gasteiger partial charge >= 0.3 is 5.97 Å². The second-order valence-corrected chi connectivity index (χ2v) is 13.2. The highest BCUT2D eigenvalue weighted by Gasteiger charge is 2.65. The molecule has 0 spiro atoms. The predicted molar refractivity (Wildman–Crippen MR) is 131 cm³/mol. The molecule has 1 heterocycles. The lowest BCUT2D eigenvalue weighted by molar-refractivity contribution is -0.146. The summed E-state index contributed by atoms with van der Waals surface area (Å²) >= 11 is 0. The second-order valence-electron chi connectivity index (χ2n) is 13.2. The minimum atomic E-state index is -0.208. The number of ether oxygens (including phenoxy) is 1. The van der Waals surface area contributed by atoms with Crippen LogP contribution in [-0.2, 0) is 14.3 Å². The van der Waals surface area contributed by atoms with Crippen LogP contribution in [-0.4, -0.2) is 11.8 Å². The van der Waals surface area contributed by atoms with Crippen molar-refractivity contribution in [1.82, 2.24) is 0 Å². The maximum Gasteiger partial charge on any atom is 0.339 e. The molecule has 3 fully saturated rings. The van der Waals surface area contributed by atoms with Crippen molar-refractivity contribution >= 4 is 11.8 Å². The minimum Gasteiger partial charge on any atom is -0.423 e. The first-order valence-corrected chi connectivity index (χ1v) is 13.2. The first-order valence-electron chi connectivity index (χ1n) is 13.2. The standard InChI is InChI=1S/C30H42O3/c1-18(16-20-17-19(2)26(32)33-20)21-10-14-30(7)23-8-9-24-27(3,4)25(31)12-13-28(24,5)22(23)11-15-29(21,30)6/h8,16-18,21-22,24H,9-15H2,1-7H3. The molecular formula is C30H42O3. The van der Waals surface area contributed by atoms with Crippen LogP contribution < -0.4 is 0 Å². The molecule has 0 aromatic rings. The van der Waals surface area contributed by atoms with E-state index in [2.05, 4.69) is 53.7 Å². The molecule has 180 valence electrons. The Bertz CT molecular complexity index is 996. The quantitative estimate of drug-likeness (QED) is 0.330. The average molecular weight is 451 g/mol. The van der Waals surface area contributed by atoms with Crippen LogP contribution in [0.4, 0.5) is 0 Å². The summed E-state index contributed by atoms with van der Waals surface area (Å²) in [5, 5.41) is 0. The van der Waals surface area contributed by atoms with Crippen molar-refractivity contribution in [2.75, 3.05) is 0 Å². The van der Waals surface area contributed by atoms with Gasteiger partial charge in [-0.1, -0.05) is 53.2 Å². The molecule has 0 bridgehead atoms. The van der Waals surface area contributed by atoms with Crippen molar-refractivity contribution in [1.29, 1.82) is 0 Å². The number of cyclic esters (lactones) is 1. The second kappa shape index (κ2) is 7.18. The Balaban J connectivity index is 1.47. The number of carbonyl (C=O) groups excluding carboxylic acids is 2. The summed E-state index contributed by atoms with van der Waals surface area (Å²) in [6, 6.07) is 0. The number of fused-ring (bicyclic) bond motifs is 5. The van der Waals surface area contributed by atoms with Gasteiger partial charge < -0.3 is 4.74 Å². The van der Waals surface area contributed by atoms with E-state index in [1.54, 1.807) is 5.57 Å². The molecule has 3 heteroatoms. The molecule has 4 aliphatic carbocycles. The lowest BCUT2D eigenvalue weighted by Gasteiger charge is -2.63. The van der Waals surface area contributed by atoms with Gasteiger partial charge in [-0.3, -0.25) is 4.79 Å². The number of allylic oxidation sites excluding steroid dienone is 4. The zero-order valence-corrected chi connectivity index (χ0v) is 21.7. The fraction of sp³-hybridized carbons (Fsp3) is 0.733. The van der Waals surface area contributed by atoms with Crippen molar-refractivity contribution in [3.05, 3.63) is 35.1 Å². The van der Waals surface area contributed by atoms with Crippen LogP contribution in [0.3, 0.4) is 0 Å². The van der Waals surface area contributed by atoms with Gasteiger partial charge in [0.15, 0.2) is 0 Å². The first-order chi connectivity index (χ1) is 15.3. The molecule has 3 saturated carbocycles. The van der Waals surface area contributed by atoms with Gasteiger partial charge in [0.05, 0.1) is 0 Å². The summed E-state index contributed by atoms with van der Waals surface area (Å²) in [5.74, 6) is 3.01. The minimum absolute atomic E-state index is 0.208. The zero-order chi connectivity index (χ0) is 24.0. The van der Waals surface area contributed by atoms with E-state index in [1.165, 1.54) is 25.7 Å². The molecule has 0 saturated heterocycles. The molecule has 5 aliphatic rings. The largest absolute Gasteiger partial charge is 0.423 e. The highest BCUT2D eigenvalue weighted by atomic mass is 16.5. The van der Waals surface area contributed by atoms with Crippen molar-refractivity contribution in [3.8, 4) is 0 Å².